The number of anilines is 1. The summed E-state index contributed by atoms with van der Waals surface area (Å²) in [6.45, 7) is 8.50. The number of thioether (sulfide) groups is 1. The Balaban J connectivity index is 1.63. The van der Waals surface area contributed by atoms with Gasteiger partial charge in [0, 0.05) is 17.5 Å². The van der Waals surface area contributed by atoms with Gasteiger partial charge in [0.1, 0.15) is 10.8 Å². The summed E-state index contributed by atoms with van der Waals surface area (Å²) in [5.41, 5.74) is 4.44. The molecular weight excluding hydrogens is 434 g/mol. The van der Waals surface area contributed by atoms with Crippen LogP contribution < -0.4 is 10.1 Å². The van der Waals surface area contributed by atoms with E-state index in [4.69, 9.17) is 19.4 Å². The summed E-state index contributed by atoms with van der Waals surface area (Å²) in [4.78, 5) is 22.7. The van der Waals surface area contributed by atoms with Gasteiger partial charge < -0.3 is 14.8 Å². The molecule has 1 aromatic heterocycles. The van der Waals surface area contributed by atoms with Gasteiger partial charge in [-0.25, -0.2) is 9.97 Å². The van der Waals surface area contributed by atoms with E-state index in [0.717, 1.165) is 21.8 Å². The molecular formula is C26H29N3O3S. The van der Waals surface area contributed by atoms with Crippen LogP contribution >= 0.6 is 11.8 Å². The minimum atomic E-state index is -0.380. The fourth-order valence-electron chi connectivity index (χ4n) is 3.65. The summed E-state index contributed by atoms with van der Waals surface area (Å²) in [7, 11) is 1.59. The standard InChI is InChI=1S/C26H29N3O3S/c1-16-10-12-18(13-11-16)23-27-21-14-26(3,4)32-15-19(21)25(29-23)33-17(2)24(30)28-20-8-6-7-9-22(20)31-5/h6-13,17H,14-15H2,1-5H3,(H,28,30)/t17-/m1/s1. The average Bonchev–Trinajstić information content (AvgIpc) is 2.78. The molecule has 0 spiro atoms. The van der Waals surface area contributed by atoms with Gasteiger partial charge in [0.05, 0.1) is 35.9 Å². The highest BCUT2D eigenvalue weighted by atomic mass is 32.2. The molecule has 3 aromatic rings. The molecule has 1 amide bonds. The second-order valence-corrected chi connectivity index (χ2v) is 10.1. The number of ether oxygens (including phenoxy) is 2. The summed E-state index contributed by atoms with van der Waals surface area (Å²) in [5, 5.41) is 3.37. The maximum atomic E-state index is 13.0. The van der Waals surface area contributed by atoms with Crippen LogP contribution in [0.4, 0.5) is 5.69 Å². The first-order valence-electron chi connectivity index (χ1n) is 11.0. The lowest BCUT2D eigenvalue weighted by Crippen LogP contribution is -2.33. The predicted molar refractivity (Wildman–Crippen MR) is 132 cm³/mol. The van der Waals surface area contributed by atoms with E-state index >= 15 is 0 Å². The van der Waals surface area contributed by atoms with E-state index in [1.807, 2.05) is 43.3 Å². The fraction of sp³-hybridized carbons (Fsp3) is 0.346. The number of methoxy groups -OCH3 is 1. The van der Waals surface area contributed by atoms with Crippen molar-refractivity contribution in [2.24, 2.45) is 0 Å². The quantitative estimate of drug-likeness (QED) is 0.388. The Morgan fingerprint density at radius 1 is 1.15 bits per heavy atom. The SMILES string of the molecule is COc1ccccc1NC(=O)[C@@H](C)Sc1nc(-c2ccc(C)cc2)nc2c1COC(C)(C)C2. The minimum Gasteiger partial charge on any atom is -0.495 e. The number of para-hydroxylation sites is 2. The second-order valence-electron chi connectivity index (χ2n) is 8.82. The van der Waals surface area contributed by atoms with E-state index in [0.29, 0.717) is 30.3 Å². The van der Waals surface area contributed by atoms with Gasteiger partial charge in [-0.2, -0.15) is 0 Å². The Hall–Kier alpha value is -2.90. The zero-order valence-corrected chi connectivity index (χ0v) is 20.5. The van der Waals surface area contributed by atoms with E-state index in [9.17, 15) is 4.79 Å². The molecule has 1 aliphatic rings. The maximum absolute atomic E-state index is 13.0. The number of fused-ring (bicyclic) bond motifs is 1. The summed E-state index contributed by atoms with van der Waals surface area (Å²) in [6.07, 6.45) is 0.694. The molecule has 6 nitrogen and oxygen atoms in total. The zero-order chi connectivity index (χ0) is 23.6. The Bertz CT molecular complexity index is 1160. The first-order chi connectivity index (χ1) is 15.8. The third-order valence-electron chi connectivity index (χ3n) is 5.59. The number of carbonyl (C=O) groups excluding carboxylic acids is 1. The number of nitrogens with zero attached hydrogens (tertiary/aromatic N) is 2. The van der Waals surface area contributed by atoms with Crippen LogP contribution in [-0.4, -0.2) is 33.8 Å². The van der Waals surface area contributed by atoms with Crippen molar-refractivity contribution < 1.29 is 14.3 Å². The monoisotopic (exact) mass is 463 g/mol. The van der Waals surface area contributed by atoms with Crippen LogP contribution in [0.3, 0.4) is 0 Å². The number of hydrogen-bond acceptors (Lipinski definition) is 6. The van der Waals surface area contributed by atoms with Crippen molar-refractivity contribution in [2.45, 2.75) is 56.6 Å². The number of rotatable bonds is 6. The van der Waals surface area contributed by atoms with Crippen molar-refractivity contribution in [3.05, 3.63) is 65.4 Å². The molecule has 0 aliphatic carbocycles. The largest absolute Gasteiger partial charge is 0.495 e. The highest BCUT2D eigenvalue weighted by molar-refractivity contribution is 8.00. The van der Waals surface area contributed by atoms with Gasteiger partial charge >= 0.3 is 0 Å². The fourth-order valence-corrected chi connectivity index (χ4v) is 4.61. The van der Waals surface area contributed by atoms with Crippen LogP contribution in [0.25, 0.3) is 11.4 Å². The van der Waals surface area contributed by atoms with Gasteiger partial charge in [-0.3, -0.25) is 4.79 Å². The molecule has 0 unspecified atom stereocenters. The Labute approximate surface area is 199 Å². The predicted octanol–water partition coefficient (Wildman–Crippen LogP) is 5.43. The van der Waals surface area contributed by atoms with Crippen LogP contribution in [0.2, 0.25) is 0 Å². The molecule has 1 aliphatic heterocycles. The Morgan fingerprint density at radius 3 is 2.61 bits per heavy atom. The molecule has 0 bridgehead atoms. The highest BCUT2D eigenvalue weighted by Gasteiger charge is 2.31. The summed E-state index contributed by atoms with van der Waals surface area (Å²) in [5.74, 6) is 1.18. The van der Waals surface area contributed by atoms with Crippen molar-refractivity contribution in [1.82, 2.24) is 9.97 Å². The van der Waals surface area contributed by atoms with Crippen LogP contribution in [0.15, 0.2) is 53.6 Å². The summed E-state index contributed by atoms with van der Waals surface area (Å²) in [6, 6.07) is 15.6. The van der Waals surface area contributed by atoms with E-state index in [1.54, 1.807) is 7.11 Å². The molecule has 2 aromatic carbocycles. The highest BCUT2D eigenvalue weighted by Crippen LogP contribution is 2.36. The van der Waals surface area contributed by atoms with Crippen molar-refractivity contribution in [2.75, 3.05) is 12.4 Å². The van der Waals surface area contributed by atoms with Gasteiger partial charge in [0.15, 0.2) is 5.82 Å². The second kappa shape index (κ2) is 9.53. The maximum Gasteiger partial charge on any atom is 0.237 e. The van der Waals surface area contributed by atoms with Crippen molar-refractivity contribution >= 4 is 23.4 Å². The third kappa shape index (κ3) is 5.37. The lowest BCUT2D eigenvalue weighted by molar-refractivity contribution is -0.115. The molecule has 4 rings (SSSR count). The first-order valence-corrected chi connectivity index (χ1v) is 11.8. The molecule has 33 heavy (non-hydrogen) atoms. The zero-order valence-electron chi connectivity index (χ0n) is 19.6. The Morgan fingerprint density at radius 2 is 1.88 bits per heavy atom. The van der Waals surface area contributed by atoms with E-state index in [1.165, 1.54) is 17.3 Å². The first kappa shape index (κ1) is 23.3. The number of aryl methyl sites for hydroxylation is 1. The van der Waals surface area contributed by atoms with E-state index in [-0.39, 0.29) is 16.8 Å². The molecule has 0 saturated heterocycles. The smallest absolute Gasteiger partial charge is 0.237 e. The summed E-state index contributed by atoms with van der Waals surface area (Å²) < 4.78 is 11.4. The average molecular weight is 464 g/mol. The molecule has 1 atom stereocenters. The van der Waals surface area contributed by atoms with Gasteiger partial charge in [-0.1, -0.05) is 53.7 Å². The van der Waals surface area contributed by atoms with Gasteiger partial charge in [-0.05, 0) is 39.8 Å². The van der Waals surface area contributed by atoms with Crippen LogP contribution in [0.1, 0.15) is 37.6 Å². The molecule has 0 radical (unpaired) electrons. The van der Waals surface area contributed by atoms with Gasteiger partial charge in [-0.15, -0.1) is 0 Å². The molecule has 7 heteroatoms. The topological polar surface area (TPSA) is 73.3 Å². The molecule has 172 valence electrons. The molecule has 0 saturated carbocycles. The molecule has 2 heterocycles. The number of amides is 1. The normalized spacial score (nSPS) is 15.4. The molecule has 1 N–H and O–H groups in total. The molecule has 0 fully saturated rings. The number of carbonyl (C=O) groups is 1. The number of aromatic nitrogens is 2. The van der Waals surface area contributed by atoms with Crippen molar-refractivity contribution in [3.63, 3.8) is 0 Å². The summed E-state index contributed by atoms with van der Waals surface area (Å²) >= 11 is 1.43. The van der Waals surface area contributed by atoms with E-state index in [2.05, 4.69) is 38.2 Å². The lowest BCUT2D eigenvalue weighted by Gasteiger charge is -2.32. The van der Waals surface area contributed by atoms with Crippen LogP contribution in [0, 0.1) is 6.92 Å². The van der Waals surface area contributed by atoms with Crippen molar-refractivity contribution in [1.29, 1.82) is 0 Å². The van der Waals surface area contributed by atoms with Crippen molar-refractivity contribution in [3.8, 4) is 17.1 Å². The Kier molecular flexibility index (Phi) is 6.72. The number of hydrogen-bond donors (Lipinski definition) is 1. The van der Waals surface area contributed by atoms with Gasteiger partial charge in [0.2, 0.25) is 5.91 Å². The number of nitrogens with one attached hydrogen (secondary N) is 1. The van der Waals surface area contributed by atoms with Crippen LogP contribution in [0.5, 0.6) is 5.75 Å². The van der Waals surface area contributed by atoms with E-state index < -0.39 is 0 Å². The van der Waals surface area contributed by atoms with Crippen LogP contribution in [-0.2, 0) is 22.6 Å². The number of benzene rings is 2. The third-order valence-corrected chi connectivity index (χ3v) is 6.72. The van der Waals surface area contributed by atoms with Gasteiger partial charge in [0.25, 0.3) is 0 Å². The lowest BCUT2D eigenvalue weighted by atomic mass is 9.96. The minimum absolute atomic E-state index is 0.120.